The zero-order valence-electron chi connectivity index (χ0n) is 12.4. The lowest BCUT2D eigenvalue weighted by atomic mass is 9.87. The predicted molar refractivity (Wildman–Crippen MR) is 75.1 cm³/mol. The third-order valence-electron chi connectivity index (χ3n) is 4.38. The van der Waals surface area contributed by atoms with E-state index in [9.17, 15) is 9.59 Å². The van der Waals surface area contributed by atoms with Crippen LogP contribution in [-0.2, 0) is 9.53 Å². The maximum absolute atomic E-state index is 12.5. The van der Waals surface area contributed by atoms with Crippen LogP contribution in [0.2, 0.25) is 0 Å². The maximum Gasteiger partial charge on any atom is 0.325 e. The first kappa shape index (κ1) is 15.3. The Hall–Kier alpha value is -1.14. The Bertz CT molecular complexity index is 389. The number of nitrogens with one attached hydrogen (secondary N) is 1. The summed E-state index contributed by atoms with van der Waals surface area (Å²) in [6.07, 6.45) is 2.83. The molecule has 2 aliphatic heterocycles. The van der Waals surface area contributed by atoms with E-state index in [0.29, 0.717) is 39.1 Å². The second-order valence-electron chi connectivity index (χ2n) is 6.55. The third kappa shape index (κ3) is 2.96. The summed E-state index contributed by atoms with van der Waals surface area (Å²) < 4.78 is 5.28. The Kier molecular flexibility index (Phi) is 4.34. The van der Waals surface area contributed by atoms with Crippen LogP contribution in [-0.4, -0.2) is 48.7 Å². The molecule has 0 aromatic heterocycles. The van der Waals surface area contributed by atoms with Crippen LogP contribution in [0.5, 0.6) is 0 Å². The number of carbonyl (C=O) groups excluding carboxylic acids is 2. The molecule has 0 atom stereocenters. The minimum absolute atomic E-state index is 0.0512. The fourth-order valence-corrected chi connectivity index (χ4v) is 2.76. The molecular weight excluding hydrogens is 258 g/mol. The first-order valence-electron chi connectivity index (χ1n) is 7.32. The average Bonchev–Trinajstić information content (AvgIpc) is 2.64. The topological polar surface area (TPSA) is 84.7 Å². The minimum atomic E-state index is -0.710. The molecule has 0 bridgehead atoms. The van der Waals surface area contributed by atoms with Gasteiger partial charge in [0.1, 0.15) is 5.54 Å². The quantitative estimate of drug-likeness (QED) is 0.733. The van der Waals surface area contributed by atoms with Gasteiger partial charge in [-0.15, -0.1) is 0 Å². The summed E-state index contributed by atoms with van der Waals surface area (Å²) in [5, 5.41) is 2.86. The molecule has 0 aromatic rings. The molecule has 2 rings (SSSR count). The van der Waals surface area contributed by atoms with Gasteiger partial charge in [0.15, 0.2) is 0 Å². The summed E-state index contributed by atoms with van der Waals surface area (Å²) >= 11 is 0. The summed E-state index contributed by atoms with van der Waals surface area (Å²) in [4.78, 5) is 25.9. The highest BCUT2D eigenvalue weighted by Gasteiger charge is 2.51. The zero-order chi connectivity index (χ0) is 14.8. The van der Waals surface area contributed by atoms with Crippen LogP contribution in [0.4, 0.5) is 4.79 Å². The number of urea groups is 1. The molecule has 2 aliphatic rings. The molecule has 2 heterocycles. The van der Waals surface area contributed by atoms with Crippen LogP contribution in [0, 0.1) is 5.41 Å². The number of hydrogen-bond donors (Lipinski definition) is 2. The molecule has 20 heavy (non-hydrogen) atoms. The van der Waals surface area contributed by atoms with Gasteiger partial charge < -0.3 is 15.8 Å². The minimum Gasteiger partial charge on any atom is -0.381 e. The van der Waals surface area contributed by atoms with Crippen molar-refractivity contribution in [1.29, 1.82) is 0 Å². The molecule has 3 amide bonds. The average molecular weight is 283 g/mol. The van der Waals surface area contributed by atoms with E-state index in [2.05, 4.69) is 19.2 Å². The fraction of sp³-hybridized carbons (Fsp3) is 0.857. The van der Waals surface area contributed by atoms with E-state index in [0.717, 1.165) is 12.8 Å². The number of ether oxygens (including phenoxy) is 1. The first-order chi connectivity index (χ1) is 9.40. The number of hydrogen-bond acceptors (Lipinski definition) is 4. The standard InChI is InChI=1S/C14H25N3O3/c1-13(2,10-15)4-3-7-17-11(18)14(16-12(17)19)5-8-20-9-6-14/h3-10,15H2,1-2H3,(H,16,19). The molecule has 2 fully saturated rings. The maximum atomic E-state index is 12.5. The summed E-state index contributed by atoms with van der Waals surface area (Å²) in [5.74, 6) is -0.0867. The van der Waals surface area contributed by atoms with Gasteiger partial charge in [-0.25, -0.2) is 4.79 Å². The van der Waals surface area contributed by atoms with Crippen molar-refractivity contribution in [3.05, 3.63) is 0 Å². The van der Waals surface area contributed by atoms with Gasteiger partial charge in [0.25, 0.3) is 5.91 Å². The van der Waals surface area contributed by atoms with Crippen molar-refractivity contribution in [2.24, 2.45) is 11.1 Å². The molecule has 1 spiro atoms. The van der Waals surface area contributed by atoms with Crippen molar-refractivity contribution in [2.75, 3.05) is 26.3 Å². The fourth-order valence-electron chi connectivity index (χ4n) is 2.76. The molecular formula is C14H25N3O3. The Morgan fingerprint density at radius 1 is 1.35 bits per heavy atom. The lowest BCUT2D eigenvalue weighted by Gasteiger charge is -2.30. The molecule has 3 N–H and O–H groups in total. The second kappa shape index (κ2) is 5.69. The lowest BCUT2D eigenvalue weighted by molar-refractivity contribution is -0.134. The highest BCUT2D eigenvalue weighted by molar-refractivity contribution is 6.07. The van der Waals surface area contributed by atoms with E-state index in [1.165, 1.54) is 4.90 Å². The molecule has 2 saturated heterocycles. The molecule has 6 nitrogen and oxygen atoms in total. The van der Waals surface area contributed by atoms with Gasteiger partial charge in [-0.2, -0.15) is 0 Å². The van der Waals surface area contributed by atoms with Crippen molar-refractivity contribution in [1.82, 2.24) is 10.2 Å². The van der Waals surface area contributed by atoms with Crippen LogP contribution in [0.3, 0.4) is 0 Å². The SMILES string of the molecule is CC(C)(CN)CCCN1C(=O)NC2(CCOCC2)C1=O. The Labute approximate surface area is 120 Å². The highest BCUT2D eigenvalue weighted by Crippen LogP contribution is 2.29. The normalized spacial score (nSPS) is 22.4. The van der Waals surface area contributed by atoms with Crippen molar-refractivity contribution in [3.63, 3.8) is 0 Å². The van der Waals surface area contributed by atoms with Crippen LogP contribution >= 0.6 is 0 Å². The van der Waals surface area contributed by atoms with E-state index in [1.54, 1.807) is 0 Å². The largest absolute Gasteiger partial charge is 0.381 e. The number of carbonyl (C=O) groups is 2. The van der Waals surface area contributed by atoms with Gasteiger partial charge in [-0.1, -0.05) is 13.8 Å². The van der Waals surface area contributed by atoms with Crippen molar-refractivity contribution >= 4 is 11.9 Å². The molecule has 0 unspecified atom stereocenters. The monoisotopic (exact) mass is 283 g/mol. The van der Waals surface area contributed by atoms with Crippen molar-refractivity contribution in [2.45, 2.75) is 45.1 Å². The van der Waals surface area contributed by atoms with Crippen LogP contribution in [0.15, 0.2) is 0 Å². The van der Waals surface area contributed by atoms with Crippen molar-refractivity contribution < 1.29 is 14.3 Å². The van der Waals surface area contributed by atoms with E-state index in [-0.39, 0.29) is 17.4 Å². The summed E-state index contributed by atoms with van der Waals surface area (Å²) in [6, 6.07) is -0.262. The molecule has 0 aromatic carbocycles. The summed E-state index contributed by atoms with van der Waals surface area (Å²) in [5.41, 5.74) is 5.03. The second-order valence-corrected chi connectivity index (χ2v) is 6.55. The van der Waals surface area contributed by atoms with Crippen LogP contribution in [0.1, 0.15) is 39.5 Å². The zero-order valence-corrected chi connectivity index (χ0v) is 12.4. The number of rotatable bonds is 5. The summed E-state index contributed by atoms with van der Waals surface area (Å²) in [6.45, 7) is 6.32. The highest BCUT2D eigenvalue weighted by atomic mass is 16.5. The van der Waals surface area contributed by atoms with E-state index in [4.69, 9.17) is 10.5 Å². The molecule has 0 radical (unpaired) electrons. The van der Waals surface area contributed by atoms with Crippen LogP contribution < -0.4 is 11.1 Å². The smallest absolute Gasteiger partial charge is 0.325 e. The molecule has 0 aliphatic carbocycles. The van der Waals surface area contributed by atoms with Crippen molar-refractivity contribution in [3.8, 4) is 0 Å². The van der Waals surface area contributed by atoms with Gasteiger partial charge in [0, 0.05) is 32.6 Å². The predicted octanol–water partition coefficient (Wildman–Crippen LogP) is 0.853. The Morgan fingerprint density at radius 3 is 2.60 bits per heavy atom. The van der Waals surface area contributed by atoms with E-state index in [1.807, 2.05) is 0 Å². The Balaban J connectivity index is 1.92. The van der Waals surface area contributed by atoms with Crippen LogP contribution in [0.25, 0.3) is 0 Å². The van der Waals surface area contributed by atoms with E-state index < -0.39 is 5.54 Å². The van der Waals surface area contributed by atoms with E-state index >= 15 is 0 Å². The van der Waals surface area contributed by atoms with Gasteiger partial charge in [0.2, 0.25) is 0 Å². The molecule has 114 valence electrons. The third-order valence-corrected chi connectivity index (χ3v) is 4.38. The molecule has 6 heteroatoms. The number of imide groups is 1. The first-order valence-corrected chi connectivity index (χ1v) is 7.32. The Morgan fingerprint density at radius 2 is 2.00 bits per heavy atom. The lowest BCUT2D eigenvalue weighted by Crippen LogP contribution is -2.51. The number of nitrogens with zero attached hydrogens (tertiary/aromatic N) is 1. The van der Waals surface area contributed by atoms with Gasteiger partial charge in [0.05, 0.1) is 0 Å². The summed E-state index contributed by atoms with van der Waals surface area (Å²) in [7, 11) is 0. The van der Waals surface area contributed by atoms with Gasteiger partial charge >= 0.3 is 6.03 Å². The number of nitrogens with two attached hydrogens (primary N) is 1. The van der Waals surface area contributed by atoms with Gasteiger partial charge in [-0.05, 0) is 24.8 Å². The number of amides is 3. The molecule has 0 saturated carbocycles. The van der Waals surface area contributed by atoms with Gasteiger partial charge in [-0.3, -0.25) is 9.69 Å².